The number of carbonyl (C=O) groups is 2. The van der Waals surface area contributed by atoms with Crippen LogP contribution in [0.2, 0.25) is 0 Å². The summed E-state index contributed by atoms with van der Waals surface area (Å²) in [6, 6.07) is 14.8. The number of pyridine rings is 1. The summed E-state index contributed by atoms with van der Waals surface area (Å²) in [6.07, 6.45) is 29.2. The van der Waals surface area contributed by atoms with E-state index in [4.69, 9.17) is 10.2 Å². The zero-order valence-corrected chi connectivity index (χ0v) is 35.6. The molecule has 1 aromatic carbocycles. The van der Waals surface area contributed by atoms with Crippen molar-refractivity contribution < 1.29 is 28.2 Å². The molecular formula is C49H59NO6S. The van der Waals surface area contributed by atoms with E-state index in [-0.39, 0.29) is 5.41 Å². The summed E-state index contributed by atoms with van der Waals surface area (Å²) in [4.78, 5) is 26.3. The zero-order chi connectivity index (χ0) is 42.2. The second-order valence-electron chi connectivity index (χ2n) is 15.3. The van der Waals surface area contributed by atoms with Gasteiger partial charge < -0.3 is 10.2 Å². The van der Waals surface area contributed by atoms with E-state index in [1.165, 1.54) is 23.6 Å². The minimum absolute atomic E-state index is 0.0585. The van der Waals surface area contributed by atoms with Gasteiger partial charge >= 0.3 is 11.9 Å². The van der Waals surface area contributed by atoms with Crippen LogP contribution in [-0.2, 0) is 24.8 Å². The van der Waals surface area contributed by atoms with Crippen molar-refractivity contribution in [2.45, 2.75) is 109 Å². The van der Waals surface area contributed by atoms with Crippen LogP contribution in [0.4, 0.5) is 0 Å². The summed E-state index contributed by atoms with van der Waals surface area (Å²) >= 11 is 0. The Balaban J connectivity index is 0.000000307. The van der Waals surface area contributed by atoms with E-state index in [1.807, 2.05) is 76.4 Å². The Labute approximate surface area is 340 Å². The zero-order valence-electron chi connectivity index (χ0n) is 34.7. The number of hydrogen-bond acceptors (Lipinski definition) is 5. The summed E-state index contributed by atoms with van der Waals surface area (Å²) in [7, 11) is -3.54. The summed E-state index contributed by atoms with van der Waals surface area (Å²) in [5.41, 5.74) is 9.21. The molecule has 8 heteroatoms. The molecular weight excluding hydrogens is 731 g/mol. The molecule has 7 nitrogen and oxygen atoms in total. The number of rotatable bonds is 13. The molecule has 0 saturated heterocycles. The fourth-order valence-electron chi connectivity index (χ4n) is 7.33. The lowest BCUT2D eigenvalue weighted by Gasteiger charge is -2.36. The largest absolute Gasteiger partial charge is 0.478 e. The van der Waals surface area contributed by atoms with Gasteiger partial charge in [-0.2, -0.15) is 0 Å². The molecule has 0 amide bonds. The number of hydrogen-bond donors (Lipinski definition) is 2. The van der Waals surface area contributed by atoms with Gasteiger partial charge in [-0.1, -0.05) is 107 Å². The molecule has 2 atom stereocenters. The van der Waals surface area contributed by atoms with E-state index >= 15 is 0 Å². The van der Waals surface area contributed by atoms with Crippen molar-refractivity contribution >= 4 is 21.8 Å². The average Bonchev–Trinajstić information content (AvgIpc) is 3.15. The maximum Gasteiger partial charge on any atom is 0.328 e. The van der Waals surface area contributed by atoms with Crippen molar-refractivity contribution in [3.8, 4) is 0 Å². The minimum atomic E-state index is -3.54. The first-order valence-corrected chi connectivity index (χ1v) is 20.9. The third-order valence-corrected chi connectivity index (χ3v) is 13.1. The van der Waals surface area contributed by atoms with Gasteiger partial charge in [0.15, 0.2) is 9.84 Å². The number of carboxylic acid groups (broad SMARTS) is 2. The van der Waals surface area contributed by atoms with Gasteiger partial charge in [-0.3, -0.25) is 4.98 Å². The number of aromatic nitrogens is 1. The molecule has 0 bridgehead atoms. The molecule has 0 radical (unpaired) electrons. The van der Waals surface area contributed by atoms with E-state index < -0.39 is 26.5 Å². The Morgan fingerprint density at radius 3 is 1.67 bits per heavy atom. The predicted octanol–water partition coefficient (Wildman–Crippen LogP) is 11.7. The molecule has 2 aliphatic rings. The van der Waals surface area contributed by atoms with E-state index in [0.717, 1.165) is 59.7 Å². The van der Waals surface area contributed by atoms with Gasteiger partial charge in [0.1, 0.15) is 0 Å². The van der Waals surface area contributed by atoms with E-state index in [1.54, 1.807) is 56.3 Å². The van der Waals surface area contributed by atoms with Gasteiger partial charge in [-0.05, 0) is 140 Å². The van der Waals surface area contributed by atoms with E-state index in [2.05, 4.69) is 43.1 Å². The Morgan fingerprint density at radius 2 is 1.16 bits per heavy atom. The Kier molecular flexibility index (Phi) is 17.2. The van der Waals surface area contributed by atoms with Crippen molar-refractivity contribution in [3.63, 3.8) is 0 Å². The molecule has 2 aliphatic carbocycles. The van der Waals surface area contributed by atoms with E-state index in [0.29, 0.717) is 22.5 Å². The Morgan fingerprint density at radius 1 is 0.667 bits per heavy atom. The van der Waals surface area contributed by atoms with Crippen LogP contribution in [-0.4, -0.2) is 40.3 Å². The number of carboxylic acids is 2. The third kappa shape index (κ3) is 13.1. The number of allylic oxidation sites excluding steroid dienone is 17. The number of sulfone groups is 1. The molecule has 0 aliphatic heterocycles. The standard InChI is InChI=1S/C25H30O4S.C24H29NO2/c1-19(10-8-11-20(2)18-24(26)27)15-16-23-21(3)12-9-17-25(23,4)30(28,29)22-13-6-5-7-14-22;1-18(9-7-10-19(2)17-23(26)27)13-14-21-20(3)11-8-15-24(21,4)22-12-5-6-16-25-22/h5-8,10-11,13-16,18H,9,12,17H2,1-4H3,(H,26,27);5-7,9-10,12-14,16-17H,8,11,15H2,1-4H3,(H,26,27)/b11-8+,16-15+,19-10+,20-18+;10-7+,14-13+,18-9+,19-17+/t25-;24-/m00/s1. The van der Waals surface area contributed by atoms with Crippen LogP contribution < -0.4 is 0 Å². The lowest BCUT2D eigenvalue weighted by Crippen LogP contribution is -2.39. The SMILES string of the molecule is CC1=C(/C=C/C(C)=C/C=C/C(C)=C/C(=O)O)[C@@](C)(S(=O)(=O)c2ccccc2)CCC1.CC1=C(/C=C/C(C)=C/C=C/C(C)=C/C(=O)O)[C@@](C)(c2ccccn2)CCC1. The molecule has 302 valence electrons. The van der Waals surface area contributed by atoms with Gasteiger partial charge in [0.2, 0.25) is 0 Å². The van der Waals surface area contributed by atoms with Crippen molar-refractivity contribution in [3.05, 3.63) is 178 Å². The summed E-state index contributed by atoms with van der Waals surface area (Å²) < 4.78 is 26.0. The van der Waals surface area contributed by atoms with Gasteiger partial charge in [0, 0.05) is 23.8 Å². The minimum Gasteiger partial charge on any atom is -0.478 e. The van der Waals surface area contributed by atoms with Gasteiger partial charge in [-0.15, -0.1) is 0 Å². The molecule has 0 saturated carbocycles. The predicted molar refractivity (Wildman–Crippen MR) is 234 cm³/mol. The van der Waals surface area contributed by atoms with Crippen LogP contribution in [0.5, 0.6) is 0 Å². The lowest BCUT2D eigenvalue weighted by molar-refractivity contribution is -0.132. The topological polar surface area (TPSA) is 122 Å². The van der Waals surface area contributed by atoms with Crippen molar-refractivity contribution in [2.24, 2.45) is 0 Å². The fraction of sp³-hybridized carbons (Fsp3) is 0.327. The number of aliphatic carboxylic acids is 2. The molecule has 4 rings (SSSR count). The first kappa shape index (κ1) is 46.0. The lowest BCUT2D eigenvalue weighted by atomic mass is 9.69. The third-order valence-electron chi connectivity index (χ3n) is 10.6. The van der Waals surface area contributed by atoms with Gasteiger partial charge in [0.25, 0.3) is 0 Å². The van der Waals surface area contributed by atoms with E-state index in [9.17, 15) is 18.0 Å². The van der Waals surface area contributed by atoms with Crippen molar-refractivity contribution in [2.75, 3.05) is 0 Å². The molecule has 0 unspecified atom stereocenters. The highest BCUT2D eigenvalue weighted by atomic mass is 32.2. The highest BCUT2D eigenvalue weighted by molar-refractivity contribution is 7.93. The van der Waals surface area contributed by atoms with Crippen LogP contribution in [0.15, 0.2) is 177 Å². The van der Waals surface area contributed by atoms with Crippen LogP contribution in [0.3, 0.4) is 0 Å². The van der Waals surface area contributed by atoms with Crippen molar-refractivity contribution in [1.29, 1.82) is 0 Å². The normalized spacial score (nSPS) is 21.8. The van der Waals surface area contributed by atoms with Crippen LogP contribution in [0.1, 0.15) is 99.6 Å². The summed E-state index contributed by atoms with van der Waals surface area (Å²) in [5.74, 6) is -1.90. The molecule has 2 N–H and O–H groups in total. The summed E-state index contributed by atoms with van der Waals surface area (Å²) in [5, 5.41) is 17.5. The number of benzene rings is 1. The quantitative estimate of drug-likeness (QED) is 0.153. The van der Waals surface area contributed by atoms with Crippen LogP contribution >= 0.6 is 0 Å². The molecule has 0 spiro atoms. The van der Waals surface area contributed by atoms with Crippen molar-refractivity contribution in [1.82, 2.24) is 4.98 Å². The maximum absolute atomic E-state index is 13.5. The van der Waals surface area contributed by atoms with Crippen LogP contribution in [0, 0.1) is 0 Å². The summed E-state index contributed by atoms with van der Waals surface area (Å²) in [6.45, 7) is 15.8. The smallest absolute Gasteiger partial charge is 0.328 e. The molecule has 2 aromatic rings. The molecule has 57 heavy (non-hydrogen) atoms. The second-order valence-corrected chi connectivity index (χ2v) is 17.7. The molecule has 0 fully saturated rings. The van der Waals surface area contributed by atoms with Gasteiger partial charge in [0.05, 0.1) is 15.3 Å². The Bertz CT molecular complexity index is 2180. The fourth-order valence-corrected chi connectivity index (χ4v) is 9.31. The first-order valence-electron chi connectivity index (χ1n) is 19.4. The molecule has 1 heterocycles. The molecule has 1 aromatic heterocycles. The van der Waals surface area contributed by atoms with Gasteiger partial charge in [-0.25, -0.2) is 18.0 Å². The highest BCUT2D eigenvalue weighted by Gasteiger charge is 2.44. The average molecular weight is 790 g/mol. The maximum atomic E-state index is 13.5. The first-order chi connectivity index (χ1) is 26.9. The highest BCUT2D eigenvalue weighted by Crippen LogP contribution is 2.44. The van der Waals surface area contributed by atoms with Crippen LogP contribution in [0.25, 0.3) is 0 Å². The Hall–Kier alpha value is -5.34. The second kappa shape index (κ2) is 21.3. The number of nitrogens with zero attached hydrogens (tertiary/aromatic N) is 1. The monoisotopic (exact) mass is 789 g/mol.